The molecule has 0 radical (unpaired) electrons. The van der Waals surface area contributed by atoms with Gasteiger partial charge in [-0.1, -0.05) is 60.7 Å². The van der Waals surface area contributed by atoms with Gasteiger partial charge in [0.05, 0.1) is 0 Å². The monoisotopic (exact) mass is 360 g/mol. The first-order valence-corrected chi connectivity index (χ1v) is 11.0. The number of rotatable bonds is 2. The van der Waals surface area contributed by atoms with E-state index in [2.05, 4.69) is 94.6 Å². The SMILES string of the molecule is CP(c1ccccc1)c1ccccc1.[Se]=[Se]. The molecule has 2 rings (SSSR count). The van der Waals surface area contributed by atoms with Gasteiger partial charge in [-0.05, 0) is 25.2 Å². The Morgan fingerprint density at radius 3 is 1.31 bits per heavy atom. The molecule has 0 spiro atoms. The van der Waals surface area contributed by atoms with Gasteiger partial charge in [0.25, 0.3) is 0 Å². The van der Waals surface area contributed by atoms with Crippen LogP contribution in [-0.4, -0.2) is 34.0 Å². The minimum absolute atomic E-state index is 0.171. The second-order valence-corrected chi connectivity index (χ2v) is 5.38. The Bertz CT molecular complexity index is 363. The molecule has 0 aliphatic heterocycles. The molecule has 0 N–H and O–H groups in total. The molecule has 0 unspecified atom stereocenters. The predicted octanol–water partition coefficient (Wildman–Crippen LogP) is 1.99. The Morgan fingerprint density at radius 2 is 1.00 bits per heavy atom. The zero-order valence-corrected chi connectivity index (χ0v) is 13.4. The van der Waals surface area contributed by atoms with Crippen molar-refractivity contribution < 1.29 is 0 Å². The normalized spacial score (nSPS) is 9.38. The van der Waals surface area contributed by atoms with E-state index in [4.69, 9.17) is 0 Å². The van der Waals surface area contributed by atoms with Gasteiger partial charge in [-0.25, -0.2) is 0 Å². The fraction of sp³-hybridized carbons (Fsp3) is 0.0769. The van der Waals surface area contributed by atoms with Crippen LogP contribution in [0.25, 0.3) is 0 Å². The second kappa shape index (κ2) is 8.07. The Labute approximate surface area is 113 Å². The van der Waals surface area contributed by atoms with Gasteiger partial charge in [-0.3, -0.25) is 0 Å². The van der Waals surface area contributed by atoms with Crippen molar-refractivity contribution in [2.24, 2.45) is 0 Å². The van der Waals surface area contributed by atoms with Gasteiger partial charge in [0, 0.05) is 0 Å². The Balaban J connectivity index is 0.000000606. The number of benzene rings is 2. The van der Waals surface area contributed by atoms with Crippen molar-refractivity contribution in [1.82, 2.24) is 0 Å². The first-order valence-electron chi connectivity index (χ1n) is 4.88. The van der Waals surface area contributed by atoms with E-state index in [0.717, 1.165) is 0 Å². The van der Waals surface area contributed by atoms with Crippen LogP contribution in [0.3, 0.4) is 0 Å². The van der Waals surface area contributed by atoms with E-state index >= 15 is 0 Å². The molecular weight excluding hydrogens is 345 g/mol. The summed E-state index contributed by atoms with van der Waals surface area (Å²) in [4.78, 5) is 0. The summed E-state index contributed by atoms with van der Waals surface area (Å²) in [7, 11) is -0.171. The second-order valence-electron chi connectivity index (χ2n) is 3.23. The van der Waals surface area contributed by atoms with Crippen molar-refractivity contribution in [3.8, 4) is 0 Å². The van der Waals surface area contributed by atoms with Crippen molar-refractivity contribution in [2.75, 3.05) is 6.66 Å². The molecule has 0 bridgehead atoms. The average Bonchev–Trinajstić information content (AvgIpc) is 2.42. The first kappa shape index (κ1) is 14.0. The van der Waals surface area contributed by atoms with E-state index in [1.54, 1.807) is 0 Å². The minimum atomic E-state index is -0.171. The van der Waals surface area contributed by atoms with Crippen LogP contribution >= 0.6 is 7.92 Å². The molecule has 0 aliphatic carbocycles. The van der Waals surface area contributed by atoms with Crippen LogP contribution in [0.4, 0.5) is 0 Å². The van der Waals surface area contributed by atoms with E-state index < -0.39 is 0 Å². The molecule has 0 saturated carbocycles. The molecule has 0 nitrogen and oxygen atoms in total. The quantitative estimate of drug-likeness (QED) is 0.569. The summed E-state index contributed by atoms with van der Waals surface area (Å²) in [6.45, 7) is 2.31. The fourth-order valence-electron chi connectivity index (χ4n) is 1.45. The van der Waals surface area contributed by atoms with E-state index in [1.807, 2.05) is 0 Å². The van der Waals surface area contributed by atoms with Gasteiger partial charge in [-0.15, -0.1) is 0 Å². The molecule has 2 aromatic rings. The van der Waals surface area contributed by atoms with Crippen LogP contribution in [0, 0.1) is 0 Å². The Hall–Kier alpha value is -0.0910. The van der Waals surface area contributed by atoms with Crippen LogP contribution < -0.4 is 10.6 Å². The number of hydrogen-bond donors (Lipinski definition) is 0. The van der Waals surface area contributed by atoms with Gasteiger partial charge in [0.15, 0.2) is 0 Å². The van der Waals surface area contributed by atoms with Gasteiger partial charge in [0.2, 0.25) is 0 Å². The van der Waals surface area contributed by atoms with Gasteiger partial charge in [0.1, 0.15) is 0 Å². The van der Waals surface area contributed by atoms with Crippen molar-refractivity contribution >= 4 is 45.8 Å². The topological polar surface area (TPSA) is 0 Å². The Kier molecular flexibility index (Phi) is 7.04. The van der Waals surface area contributed by atoms with Crippen LogP contribution in [0.2, 0.25) is 0 Å². The third-order valence-electron chi connectivity index (χ3n) is 2.29. The number of hydrogen-bond acceptors (Lipinski definition) is 0. The summed E-state index contributed by atoms with van der Waals surface area (Å²) in [5.74, 6) is 0. The molecule has 0 aliphatic rings. The maximum absolute atomic E-state index is 2.50. The molecule has 0 amide bonds. The predicted molar refractivity (Wildman–Crippen MR) is 76.5 cm³/mol. The van der Waals surface area contributed by atoms with Crippen LogP contribution in [0.5, 0.6) is 0 Å². The molecular formula is C13H13PSe2. The molecule has 0 heterocycles. The van der Waals surface area contributed by atoms with E-state index in [1.165, 1.54) is 10.6 Å². The maximum atomic E-state index is 2.50. The summed E-state index contributed by atoms with van der Waals surface area (Å²) in [6, 6.07) is 21.4. The molecule has 0 saturated heterocycles. The molecule has 0 fully saturated rings. The zero-order chi connectivity index (χ0) is 11.8. The third-order valence-corrected chi connectivity index (χ3v) is 4.43. The van der Waals surface area contributed by atoms with Crippen molar-refractivity contribution in [3.05, 3.63) is 60.7 Å². The van der Waals surface area contributed by atoms with Crippen LogP contribution in [0.15, 0.2) is 60.7 Å². The first-order chi connectivity index (χ1) is 7.88. The van der Waals surface area contributed by atoms with E-state index in [9.17, 15) is 0 Å². The summed E-state index contributed by atoms with van der Waals surface area (Å²) < 4.78 is 0. The fourth-order valence-corrected chi connectivity index (χ4v) is 2.99. The molecule has 3 heteroatoms. The van der Waals surface area contributed by atoms with Crippen molar-refractivity contribution in [1.29, 1.82) is 0 Å². The van der Waals surface area contributed by atoms with Crippen molar-refractivity contribution in [3.63, 3.8) is 0 Å². The molecule has 2 aromatic carbocycles. The average molecular weight is 358 g/mol. The molecule has 16 heavy (non-hydrogen) atoms. The molecule has 82 valence electrons. The van der Waals surface area contributed by atoms with Crippen molar-refractivity contribution in [2.45, 2.75) is 0 Å². The summed E-state index contributed by atoms with van der Waals surface area (Å²) in [5, 5.41) is 2.88. The molecule has 0 aromatic heterocycles. The Morgan fingerprint density at radius 1 is 0.688 bits per heavy atom. The standard InChI is InChI=1S/C13H13P.Se2/c1-14(12-8-4-2-5-9-12)13-10-6-3-7-11-13;1-2/h2-11H,1H3;. The zero-order valence-electron chi connectivity index (χ0n) is 9.04. The molecule has 0 atom stereocenters. The van der Waals surface area contributed by atoms with Gasteiger partial charge in [-0.2, -0.15) is 0 Å². The van der Waals surface area contributed by atoms with Gasteiger partial charge >= 0.3 is 27.3 Å². The van der Waals surface area contributed by atoms with Crippen LogP contribution in [-0.2, 0) is 0 Å². The third kappa shape index (κ3) is 4.05. The van der Waals surface area contributed by atoms with Crippen LogP contribution in [0.1, 0.15) is 0 Å². The van der Waals surface area contributed by atoms with Gasteiger partial charge < -0.3 is 0 Å². The van der Waals surface area contributed by atoms with E-state index in [0.29, 0.717) is 0 Å². The summed E-state index contributed by atoms with van der Waals surface area (Å²) in [5.41, 5.74) is 0. The summed E-state index contributed by atoms with van der Waals surface area (Å²) >= 11 is 5.00. The summed E-state index contributed by atoms with van der Waals surface area (Å²) in [6.07, 6.45) is 0. The van der Waals surface area contributed by atoms with E-state index in [-0.39, 0.29) is 7.92 Å².